The summed E-state index contributed by atoms with van der Waals surface area (Å²) in [4.78, 5) is 31.7. The van der Waals surface area contributed by atoms with Gasteiger partial charge in [0.15, 0.2) is 0 Å². The number of carbonyl (C=O) groups excluding carboxylic acids is 2. The van der Waals surface area contributed by atoms with Crippen LogP contribution >= 0.6 is 0 Å². The van der Waals surface area contributed by atoms with Crippen molar-refractivity contribution in [3.8, 4) is 0 Å². The first-order chi connectivity index (χ1) is 12.6. The molecule has 4 rings (SSSR count). The summed E-state index contributed by atoms with van der Waals surface area (Å²) in [6, 6.07) is 13.1. The molecule has 0 radical (unpaired) electrons. The number of nitrogens with one attached hydrogen (secondary N) is 1. The lowest BCUT2D eigenvalue weighted by Gasteiger charge is -2.34. The molecule has 26 heavy (non-hydrogen) atoms. The van der Waals surface area contributed by atoms with E-state index in [1.165, 1.54) is 0 Å². The first kappa shape index (κ1) is 16.3. The zero-order chi connectivity index (χ0) is 18.1. The zero-order valence-corrected chi connectivity index (χ0v) is 14.6. The third-order valence-corrected chi connectivity index (χ3v) is 4.76. The molecular weight excluding hydrogens is 328 g/mol. The van der Waals surface area contributed by atoms with Crippen LogP contribution in [0.2, 0.25) is 0 Å². The Hall–Kier alpha value is -3.15. The number of imidazole rings is 1. The van der Waals surface area contributed by atoms with Gasteiger partial charge < -0.3 is 14.6 Å². The van der Waals surface area contributed by atoms with Gasteiger partial charge in [0.2, 0.25) is 5.91 Å². The maximum Gasteiger partial charge on any atom is 0.274 e. The molecule has 1 fully saturated rings. The van der Waals surface area contributed by atoms with Gasteiger partial charge in [0.05, 0.1) is 0 Å². The van der Waals surface area contributed by atoms with Crippen molar-refractivity contribution in [2.24, 2.45) is 0 Å². The van der Waals surface area contributed by atoms with E-state index >= 15 is 0 Å². The molecule has 2 amide bonds. The lowest BCUT2D eigenvalue weighted by Crippen LogP contribution is -2.58. The number of amides is 2. The molecule has 2 aromatic heterocycles. The summed E-state index contributed by atoms with van der Waals surface area (Å²) < 4.78 is 1.85. The number of hydrogen-bond donors (Lipinski definition) is 1. The molecule has 0 saturated carbocycles. The summed E-state index contributed by atoms with van der Waals surface area (Å²) in [6.45, 7) is 2.90. The van der Waals surface area contributed by atoms with Crippen LogP contribution < -0.4 is 5.32 Å². The van der Waals surface area contributed by atoms with E-state index < -0.39 is 6.04 Å². The highest BCUT2D eigenvalue weighted by Crippen LogP contribution is 2.17. The van der Waals surface area contributed by atoms with E-state index in [0.717, 1.165) is 16.8 Å². The molecule has 6 nitrogen and oxygen atoms in total. The van der Waals surface area contributed by atoms with E-state index in [9.17, 15) is 9.59 Å². The maximum atomic E-state index is 13.1. The summed E-state index contributed by atoms with van der Waals surface area (Å²) in [6.07, 6.45) is 4.10. The zero-order valence-electron chi connectivity index (χ0n) is 14.6. The minimum absolute atomic E-state index is 0.117. The second-order valence-electron chi connectivity index (χ2n) is 6.54. The SMILES string of the molecule is Cc1cccn2cc(C(=O)N3CCNC(=O)C3Cc3ccccc3)nc12. The number of carbonyl (C=O) groups is 2. The van der Waals surface area contributed by atoms with Crippen molar-refractivity contribution < 1.29 is 9.59 Å². The van der Waals surface area contributed by atoms with Crippen LogP contribution in [-0.2, 0) is 11.2 Å². The number of aromatic nitrogens is 2. The van der Waals surface area contributed by atoms with Crippen molar-refractivity contribution in [3.63, 3.8) is 0 Å². The molecule has 1 aromatic carbocycles. The van der Waals surface area contributed by atoms with Crippen molar-refractivity contribution in [2.45, 2.75) is 19.4 Å². The molecule has 1 unspecified atom stereocenters. The molecule has 1 atom stereocenters. The largest absolute Gasteiger partial charge is 0.353 e. The Balaban J connectivity index is 1.65. The van der Waals surface area contributed by atoms with Crippen molar-refractivity contribution in [2.75, 3.05) is 13.1 Å². The van der Waals surface area contributed by atoms with E-state index in [1.54, 1.807) is 11.1 Å². The molecule has 0 bridgehead atoms. The van der Waals surface area contributed by atoms with Crippen LogP contribution in [0.3, 0.4) is 0 Å². The Morgan fingerprint density at radius 2 is 2.04 bits per heavy atom. The van der Waals surface area contributed by atoms with Crippen LogP contribution in [0.15, 0.2) is 54.9 Å². The minimum atomic E-state index is -0.524. The van der Waals surface area contributed by atoms with Crippen LogP contribution in [0.1, 0.15) is 21.6 Å². The number of aryl methyl sites for hydroxylation is 1. The van der Waals surface area contributed by atoms with Gasteiger partial charge in [0.1, 0.15) is 17.4 Å². The number of fused-ring (bicyclic) bond motifs is 1. The van der Waals surface area contributed by atoms with E-state index in [2.05, 4.69) is 10.3 Å². The van der Waals surface area contributed by atoms with Crippen molar-refractivity contribution in [3.05, 3.63) is 71.7 Å². The van der Waals surface area contributed by atoms with E-state index in [-0.39, 0.29) is 11.8 Å². The number of nitrogens with zero attached hydrogens (tertiary/aromatic N) is 3. The quantitative estimate of drug-likeness (QED) is 0.785. The highest BCUT2D eigenvalue weighted by molar-refractivity contribution is 5.97. The Kier molecular flexibility index (Phi) is 4.16. The smallest absolute Gasteiger partial charge is 0.274 e. The highest BCUT2D eigenvalue weighted by Gasteiger charge is 2.34. The highest BCUT2D eigenvalue weighted by atomic mass is 16.2. The van der Waals surface area contributed by atoms with Crippen LogP contribution in [0.4, 0.5) is 0 Å². The van der Waals surface area contributed by atoms with Crippen LogP contribution in [0.5, 0.6) is 0 Å². The van der Waals surface area contributed by atoms with Crippen molar-refractivity contribution >= 4 is 17.5 Å². The third kappa shape index (κ3) is 2.94. The Bertz CT molecular complexity index is 964. The van der Waals surface area contributed by atoms with Crippen LogP contribution in [0, 0.1) is 6.92 Å². The first-order valence-electron chi connectivity index (χ1n) is 8.70. The van der Waals surface area contributed by atoms with E-state index in [0.29, 0.717) is 25.2 Å². The lowest BCUT2D eigenvalue weighted by atomic mass is 10.0. The van der Waals surface area contributed by atoms with Gasteiger partial charge in [-0.2, -0.15) is 0 Å². The molecular formula is C20H20N4O2. The summed E-state index contributed by atoms with van der Waals surface area (Å²) in [5.74, 6) is -0.322. The van der Waals surface area contributed by atoms with E-state index in [1.807, 2.05) is 60.0 Å². The molecule has 0 spiro atoms. The number of hydrogen-bond acceptors (Lipinski definition) is 3. The normalized spacial score (nSPS) is 17.3. The number of pyridine rings is 1. The van der Waals surface area contributed by atoms with Gasteiger partial charge in [-0.05, 0) is 24.1 Å². The standard InChI is InChI=1S/C20H20N4O2/c1-14-6-5-10-23-13-16(22-18(14)23)20(26)24-11-9-21-19(25)17(24)12-15-7-3-2-4-8-15/h2-8,10,13,17H,9,11-12H2,1H3,(H,21,25). The molecule has 1 aliphatic heterocycles. The van der Waals surface area contributed by atoms with Gasteiger partial charge in [-0.1, -0.05) is 36.4 Å². The summed E-state index contributed by atoms with van der Waals surface area (Å²) in [5, 5.41) is 2.87. The first-order valence-corrected chi connectivity index (χ1v) is 8.70. The molecule has 3 aromatic rings. The van der Waals surface area contributed by atoms with Crippen molar-refractivity contribution in [1.29, 1.82) is 0 Å². The van der Waals surface area contributed by atoms with Gasteiger partial charge >= 0.3 is 0 Å². The molecule has 1 aliphatic rings. The second kappa shape index (κ2) is 6.63. The Morgan fingerprint density at radius 3 is 2.81 bits per heavy atom. The second-order valence-corrected chi connectivity index (χ2v) is 6.54. The molecule has 132 valence electrons. The topological polar surface area (TPSA) is 66.7 Å². The molecule has 1 N–H and O–H groups in total. The molecule has 6 heteroatoms. The Labute approximate surface area is 151 Å². The van der Waals surface area contributed by atoms with E-state index in [4.69, 9.17) is 0 Å². The Morgan fingerprint density at radius 1 is 1.23 bits per heavy atom. The fourth-order valence-electron chi connectivity index (χ4n) is 3.40. The summed E-state index contributed by atoms with van der Waals surface area (Å²) >= 11 is 0. The van der Waals surface area contributed by atoms with Gasteiger partial charge in [-0.15, -0.1) is 0 Å². The lowest BCUT2D eigenvalue weighted by molar-refractivity contribution is -0.127. The average Bonchev–Trinajstić information content (AvgIpc) is 3.09. The molecule has 3 heterocycles. The fourth-order valence-corrected chi connectivity index (χ4v) is 3.40. The van der Waals surface area contributed by atoms with Crippen LogP contribution in [0.25, 0.3) is 5.65 Å². The average molecular weight is 348 g/mol. The molecule has 1 saturated heterocycles. The predicted molar refractivity (Wildman–Crippen MR) is 97.9 cm³/mol. The maximum absolute atomic E-state index is 13.1. The van der Waals surface area contributed by atoms with Gasteiger partial charge in [-0.25, -0.2) is 4.98 Å². The minimum Gasteiger partial charge on any atom is -0.353 e. The number of benzene rings is 1. The fraction of sp³-hybridized carbons (Fsp3) is 0.250. The van der Waals surface area contributed by atoms with Crippen LogP contribution in [-0.4, -0.2) is 45.2 Å². The number of rotatable bonds is 3. The number of piperazine rings is 1. The third-order valence-electron chi connectivity index (χ3n) is 4.76. The summed E-state index contributed by atoms with van der Waals surface area (Å²) in [7, 11) is 0. The van der Waals surface area contributed by atoms with Gasteiger partial charge in [0, 0.05) is 31.9 Å². The predicted octanol–water partition coefficient (Wildman–Crippen LogP) is 1.83. The van der Waals surface area contributed by atoms with Crippen molar-refractivity contribution in [1.82, 2.24) is 19.6 Å². The van der Waals surface area contributed by atoms with Gasteiger partial charge in [0.25, 0.3) is 5.91 Å². The molecule has 0 aliphatic carbocycles. The van der Waals surface area contributed by atoms with Gasteiger partial charge in [-0.3, -0.25) is 9.59 Å². The monoisotopic (exact) mass is 348 g/mol. The summed E-state index contributed by atoms with van der Waals surface area (Å²) in [5.41, 5.74) is 3.16.